The number of nitrogens with zero attached hydrogens (tertiary/aromatic N) is 2. The van der Waals surface area contributed by atoms with Crippen molar-refractivity contribution in [1.82, 2.24) is 9.97 Å². The summed E-state index contributed by atoms with van der Waals surface area (Å²) in [7, 11) is 1.85. The van der Waals surface area contributed by atoms with Crippen LogP contribution in [0.4, 0.5) is 11.8 Å². The Hall–Kier alpha value is -1.49. The zero-order valence-corrected chi connectivity index (χ0v) is 11.8. The molecule has 2 N–H and O–H groups in total. The Kier molecular flexibility index (Phi) is 3.73. The summed E-state index contributed by atoms with van der Waals surface area (Å²) in [4.78, 5) is 9.01. The molecule has 1 saturated heterocycles. The van der Waals surface area contributed by atoms with Gasteiger partial charge in [0.15, 0.2) is 0 Å². The summed E-state index contributed by atoms with van der Waals surface area (Å²) in [5.74, 6) is 4.92. The standard InChI is InChI=1S/C14H18N4S/c1-15-14-17-12-5-3-2-4-11(12)13(18-14)16-8-10-6-7-19-9-10/h2-5,10H,6-9H2,1H3,(H2,15,16,17,18). The maximum atomic E-state index is 4.54. The van der Waals surface area contributed by atoms with Gasteiger partial charge in [-0.3, -0.25) is 0 Å². The molecule has 0 aliphatic carbocycles. The lowest BCUT2D eigenvalue weighted by molar-refractivity contribution is 0.631. The molecule has 1 aliphatic rings. The van der Waals surface area contributed by atoms with Gasteiger partial charge < -0.3 is 10.6 Å². The summed E-state index contributed by atoms with van der Waals surface area (Å²) in [6.07, 6.45) is 1.31. The van der Waals surface area contributed by atoms with E-state index in [9.17, 15) is 0 Å². The van der Waals surface area contributed by atoms with Crippen molar-refractivity contribution < 1.29 is 0 Å². The fraction of sp³-hybridized carbons (Fsp3) is 0.429. The van der Waals surface area contributed by atoms with Gasteiger partial charge in [-0.05, 0) is 36.0 Å². The topological polar surface area (TPSA) is 49.8 Å². The molecule has 100 valence electrons. The first-order valence-corrected chi connectivity index (χ1v) is 7.78. The molecular formula is C14H18N4S. The maximum absolute atomic E-state index is 4.54. The molecule has 4 nitrogen and oxygen atoms in total. The first-order chi connectivity index (χ1) is 9.36. The van der Waals surface area contributed by atoms with Gasteiger partial charge in [-0.15, -0.1) is 0 Å². The van der Waals surface area contributed by atoms with Crippen LogP contribution in [0.1, 0.15) is 6.42 Å². The number of nitrogens with one attached hydrogen (secondary N) is 2. The molecule has 19 heavy (non-hydrogen) atoms. The predicted molar refractivity (Wildman–Crippen MR) is 83.0 cm³/mol. The molecule has 2 aromatic rings. The normalized spacial score (nSPS) is 18.7. The van der Waals surface area contributed by atoms with Crippen LogP contribution in [0.5, 0.6) is 0 Å². The van der Waals surface area contributed by atoms with Crippen molar-refractivity contribution in [3.8, 4) is 0 Å². The number of aromatic nitrogens is 2. The monoisotopic (exact) mass is 274 g/mol. The van der Waals surface area contributed by atoms with Crippen LogP contribution >= 0.6 is 11.8 Å². The van der Waals surface area contributed by atoms with Crippen molar-refractivity contribution >= 4 is 34.4 Å². The van der Waals surface area contributed by atoms with Crippen LogP contribution in [-0.4, -0.2) is 35.1 Å². The smallest absolute Gasteiger partial charge is 0.224 e. The van der Waals surface area contributed by atoms with Crippen LogP contribution in [0.3, 0.4) is 0 Å². The van der Waals surface area contributed by atoms with Gasteiger partial charge in [0.2, 0.25) is 5.95 Å². The van der Waals surface area contributed by atoms with Crippen LogP contribution in [0.15, 0.2) is 24.3 Å². The average molecular weight is 274 g/mol. The number of hydrogen-bond donors (Lipinski definition) is 2. The minimum atomic E-state index is 0.669. The number of para-hydroxylation sites is 1. The Bertz CT molecular complexity index is 566. The highest BCUT2D eigenvalue weighted by molar-refractivity contribution is 7.99. The molecular weight excluding hydrogens is 256 g/mol. The number of fused-ring (bicyclic) bond motifs is 1. The highest BCUT2D eigenvalue weighted by Gasteiger charge is 2.16. The third-order valence-corrected chi connectivity index (χ3v) is 4.64. The van der Waals surface area contributed by atoms with Crippen LogP contribution in [0, 0.1) is 5.92 Å². The second kappa shape index (κ2) is 5.65. The van der Waals surface area contributed by atoms with Crippen molar-refractivity contribution in [3.05, 3.63) is 24.3 Å². The number of thioether (sulfide) groups is 1. The molecule has 1 aromatic carbocycles. The fourth-order valence-corrected chi connectivity index (χ4v) is 3.59. The molecule has 0 spiro atoms. The van der Waals surface area contributed by atoms with E-state index in [1.54, 1.807) is 0 Å². The third-order valence-electron chi connectivity index (χ3n) is 3.41. The number of hydrogen-bond acceptors (Lipinski definition) is 5. The lowest BCUT2D eigenvalue weighted by atomic mass is 10.1. The first kappa shape index (κ1) is 12.5. The van der Waals surface area contributed by atoms with Gasteiger partial charge >= 0.3 is 0 Å². The lowest BCUT2D eigenvalue weighted by Gasteiger charge is -2.13. The van der Waals surface area contributed by atoms with Gasteiger partial charge in [0.05, 0.1) is 5.52 Å². The Morgan fingerprint density at radius 2 is 2.21 bits per heavy atom. The van der Waals surface area contributed by atoms with Crippen molar-refractivity contribution in [2.45, 2.75) is 6.42 Å². The summed E-state index contributed by atoms with van der Waals surface area (Å²) >= 11 is 2.04. The largest absolute Gasteiger partial charge is 0.369 e. The van der Waals surface area contributed by atoms with E-state index >= 15 is 0 Å². The van der Waals surface area contributed by atoms with E-state index in [4.69, 9.17) is 0 Å². The minimum absolute atomic E-state index is 0.669. The van der Waals surface area contributed by atoms with E-state index in [-0.39, 0.29) is 0 Å². The first-order valence-electron chi connectivity index (χ1n) is 6.63. The SMILES string of the molecule is CNc1nc(NCC2CCSC2)c2ccccc2n1. The van der Waals surface area contributed by atoms with Gasteiger partial charge in [0.1, 0.15) is 5.82 Å². The number of benzene rings is 1. The van der Waals surface area contributed by atoms with Crippen LogP contribution in [-0.2, 0) is 0 Å². The van der Waals surface area contributed by atoms with Gasteiger partial charge in [-0.2, -0.15) is 16.7 Å². The second-order valence-corrected chi connectivity index (χ2v) is 5.92. The molecule has 1 atom stereocenters. The molecule has 1 unspecified atom stereocenters. The number of anilines is 2. The van der Waals surface area contributed by atoms with E-state index < -0.39 is 0 Å². The van der Waals surface area contributed by atoms with Gasteiger partial charge in [-0.1, -0.05) is 12.1 Å². The zero-order valence-electron chi connectivity index (χ0n) is 11.0. The fourth-order valence-electron chi connectivity index (χ4n) is 2.31. The molecule has 0 radical (unpaired) electrons. The van der Waals surface area contributed by atoms with Gasteiger partial charge in [0.25, 0.3) is 0 Å². The Morgan fingerprint density at radius 3 is 3.00 bits per heavy atom. The second-order valence-electron chi connectivity index (χ2n) is 4.77. The molecule has 1 fully saturated rings. The van der Waals surface area contributed by atoms with Crippen LogP contribution in [0.2, 0.25) is 0 Å². The summed E-state index contributed by atoms with van der Waals surface area (Å²) in [6.45, 7) is 0.997. The molecule has 0 bridgehead atoms. The molecule has 1 aromatic heterocycles. The summed E-state index contributed by atoms with van der Waals surface area (Å²) in [5.41, 5.74) is 0.977. The Balaban J connectivity index is 1.87. The Morgan fingerprint density at radius 1 is 1.32 bits per heavy atom. The third kappa shape index (κ3) is 2.76. The summed E-state index contributed by atoms with van der Waals surface area (Å²) < 4.78 is 0. The molecule has 3 rings (SSSR count). The van der Waals surface area contributed by atoms with Crippen molar-refractivity contribution in [3.63, 3.8) is 0 Å². The van der Waals surface area contributed by atoms with E-state index in [1.807, 2.05) is 37.0 Å². The molecule has 0 saturated carbocycles. The van der Waals surface area contributed by atoms with E-state index in [0.717, 1.165) is 29.2 Å². The van der Waals surface area contributed by atoms with Crippen LogP contribution in [0.25, 0.3) is 10.9 Å². The Labute approximate surface area is 117 Å². The van der Waals surface area contributed by atoms with Gasteiger partial charge in [-0.25, -0.2) is 4.98 Å². The van der Waals surface area contributed by atoms with Crippen molar-refractivity contribution in [2.24, 2.45) is 5.92 Å². The molecule has 5 heteroatoms. The minimum Gasteiger partial charge on any atom is -0.369 e. The molecule has 0 amide bonds. The van der Waals surface area contributed by atoms with E-state index in [1.165, 1.54) is 17.9 Å². The lowest BCUT2D eigenvalue weighted by Crippen LogP contribution is -2.15. The van der Waals surface area contributed by atoms with Crippen LogP contribution < -0.4 is 10.6 Å². The van der Waals surface area contributed by atoms with Crippen molar-refractivity contribution in [1.29, 1.82) is 0 Å². The highest BCUT2D eigenvalue weighted by atomic mass is 32.2. The maximum Gasteiger partial charge on any atom is 0.224 e. The number of rotatable bonds is 4. The van der Waals surface area contributed by atoms with E-state index in [2.05, 4.69) is 26.7 Å². The molecule has 2 heterocycles. The summed E-state index contributed by atoms with van der Waals surface area (Å²) in [5, 5.41) is 7.61. The van der Waals surface area contributed by atoms with E-state index in [0.29, 0.717) is 5.95 Å². The summed E-state index contributed by atoms with van der Waals surface area (Å²) in [6, 6.07) is 8.13. The zero-order chi connectivity index (χ0) is 13.1. The molecule has 1 aliphatic heterocycles. The highest BCUT2D eigenvalue weighted by Crippen LogP contribution is 2.26. The van der Waals surface area contributed by atoms with Gasteiger partial charge in [0, 0.05) is 19.0 Å². The average Bonchev–Trinajstić information content (AvgIpc) is 2.97. The predicted octanol–water partition coefficient (Wildman–Crippen LogP) is 2.84. The van der Waals surface area contributed by atoms with Crippen molar-refractivity contribution in [2.75, 3.05) is 35.7 Å². The quantitative estimate of drug-likeness (QED) is 0.898.